The summed E-state index contributed by atoms with van der Waals surface area (Å²) in [5.74, 6) is 1.27. The second-order valence-corrected chi connectivity index (χ2v) is 7.26. The van der Waals surface area contributed by atoms with Gasteiger partial charge in [-0.2, -0.15) is 0 Å². The predicted molar refractivity (Wildman–Crippen MR) is 95.5 cm³/mol. The summed E-state index contributed by atoms with van der Waals surface area (Å²) >= 11 is 0. The first-order valence-electron chi connectivity index (χ1n) is 7.98. The molecule has 2 aromatic carbocycles. The van der Waals surface area contributed by atoms with E-state index < -0.39 is 16.1 Å². The van der Waals surface area contributed by atoms with Gasteiger partial charge in [-0.25, -0.2) is 13.1 Å². The molecule has 0 aliphatic carbocycles. The molecule has 2 N–H and O–H groups in total. The number of nitrogens with one attached hydrogen (secondary N) is 1. The van der Waals surface area contributed by atoms with Crippen molar-refractivity contribution in [3.05, 3.63) is 54.1 Å². The molecule has 0 saturated carbocycles. The Morgan fingerprint density at radius 1 is 1.04 bits per heavy atom. The van der Waals surface area contributed by atoms with E-state index in [9.17, 15) is 13.5 Å². The van der Waals surface area contributed by atoms with E-state index in [0.717, 1.165) is 12.0 Å². The molecule has 0 saturated heterocycles. The van der Waals surface area contributed by atoms with Gasteiger partial charge in [0.2, 0.25) is 10.0 Å². The molecule has 0 unspecified atom stereocenters. The van der Waals surface area contributed by atoms with E-state index in [1.807, 2.05) is 6.92 Å². The first-order valence-corrected chi connectivity index (χ1v) is 9.46. The highest BCUT2D eigenvalue weighted by molar-refractivity contribution is 7.89. The third kappa shape index (κ3) is 5.74. The fourth-order valence-electron chi connectivity index (χ4n) is 2.12. The number of ether oxygens (including phenoxy) is 2. The van der Waals surface area contributed by atoms with Crippen LogP contribution in [0.25, 0.3) is 0 Å². The molecule has 1 atom stereocenters. The van der Waals surface area contributed by atoms with E-state index in [1.54, 1.807) is 55.6 Å². The molecule has 0 bridgehead atoms. The number of aliphatic hydroxyl groups excluding tert-OH is 1. The molecule has 0 heterocycles. The van der Waals surface area contributed by atoms with Crippen molar-refractivity contribution in [1.82, 2.24) is 4.72 Å². The zero-order chi connectivity index (χ0) is 18.3. The average Bonchev–Trinajstić information content (AvgIpc) is 2.65. The normalized spacial score (nSPS) is 12.6. The number of hydrogen-bond acceptors (Lipinski definition) is 5. The molecule has 0 aliphatic heterocycles. The summed E-state index contributed by atoms with van der Waals surface area (Å²) < 4.78 is 37.3. The van der Waals surface area contributed by atoms with Gasteiger partial charge in [0.05, 0.1) is 12.0 Å². The molecule has 0 aliphatic rings. The van der Waals surface area contributed by atoms with Crippen LogP contribution in [0.1, 0.15) is 12.5 Å². The van der Waals surface area contributed by atoms with Crippen molar-refractivity contribution in [1.29, 1.82) is 0 Å². The van der Waals surface area contributed by atoms with Gasteiger partial charge in [0.1, 0.15) is 24.2 Å². The molecule has 0 fully saturated rings. The molecular formula is C18H23NO5S. The molecule has 25 heavy (non-hydrogen) atoms. The number of hydrogen-bond donors (Lipinski definition) is 2. The lowest BCUT2D eigenvalue weighted by molar-refractivity contribution is 0.111. The van der Waals surface area contributed by atoms with Crippen LogP contribution < -0.4 is 14.2 Å². The highest BCUT2D eigenvalue weighted by atomic mass is 32.2. The van der Waals surface area contributed by atoms with Crippen LogP contribution in [-0.2, 0) is 16.4 Å². The second-order valence-electron chi connectivity index (χ2n) is 5.49. The Morgan fingerprint density at radius 3 is 2.20 bits per heavy atom. The van der Waals surface area contributed by atoms with Crippen molar-refractivity contribution < 1.29 is 23.0 Å². The van der Waals surface area contributed by atoms with Crippen LogP contribution >= 0.6 is 0 Å². The molecule has 136 valence electrons. The SMILES string of the molecule is CCc1ccc(S(=O)(=O)NC[C@H](O)COc2ccc(OC)cc2)cc1. The largest absolute Gasteiger partial charge is 0.497 e. The van der Waals surface area contributed by atoms with Gasteiger partial charge in [-0.1, -0.05) is 19.1 Å². The maximum Gasteiger partial charge on any atom is 0.240 e. The lowest BCUT2D eigenvalue weighted by atomic mass is 10.2. The van der Waals surface area contributed by atoms with Crippen molar-refractivity contribution in [3.63, 3.8) is 0 Å². The molecule has 2 aromatic rings. The molecule has 0 radical (unpaired) electrons. The predicted octanol–water partition coefficient (Wildman–Crippen LogP) is 1.98. The second kappa shape index (κ2) is 8.84. The summed E-state index contributed by atoms with van der Waals surface area (Å²) in [5.41, 5.74) is 1.06. The van der Waals surface area contributed by atoms with Crippen molar-refractivity contribution in [2.45, 2.75) is 24.3 Å². The van der Waals surface area contributed by atoms with E-state index in [1.165, 1.54) is 0 Å². The maximum atomic E-state index is 12.2. The first kappa shape index (κ1) is 19.2. The Balaban J connectivity index is 1.84. The van der Waals surface area contributed by atoms with Gasteiger partial charge in [0.25, 0.3) is 0 Å². The number of methoxy groups -OCH3 is 1. The monoisotopic (exact) mass is 365 g/mol. The summed E-state index contributed by atoms with van der Waals surface area (Å²) in [6, 6.07) is 13.6. The highest BCUT2D eigenvalue weighted by Gasteiger charge is 2.16. The van der Waals surface area contributed by atoms with E-state index in [2.05, 4.69) is 4.72 Å². The standard InChI is InChI=1S/C18H23NO5S/c1-3-14-4-10-18(11-5-14)25(21,22)19-12-15(20)13-24-17-8-6-16(23-2)7-9-17/h4-11,15,19-20H,3,12-13H2,1-2H3/t15-/m0/s1. The molecule has 0 spiro atoms. The summed E-state index contributed by atoms with van der Waals surface area (Å²) in [4.78, 5) is 0.174. The van der Waals surface area contributed by atoms with E-state index >= 15 is 0 Å². The van der Waals surface area contributed by atoms with Crippen LogP contribution in [0.2, 0.25) is 0 Å². The van der Waals surface area contributed by atoms with Crippen LogP contribution in [0.5, 0.6) is 11.5 Å². The Kier molecular flexibility index (Phi) is 6.81. The Hall–Kier alpha value is -2.09. The number of benzene rings is 2. The van der Waals surface area contributed by atoms with Gasteiger partial charge in [0, 0.05) is 6.54 Å². The van der Waals surface area contributed by atoms with Crippen LogP contribution in [-0.4, -0.2) is 39.9 Å². The fraction of sp³-hybridized carbons (Fsp3) is 0.333. The summed E-state index contributed by atoms with van der Waals surface area (Å²) in [6.45, 7) is 1.85. The van der Waals surface area contributed by atoms with Crippen molar-refractivity contribution in [2.24, 2.45) is 0 Å². The van der Waals surface area contributed by atoms with Crippen LogP contribution in [0.3, 0.4) is 0 Å². The minimum atomic E-state index is -3.65. The van der Waals surface area contributed by atoms with Crippen molar-refractivity contribution in [3.8, 4) is 11.5 Å². The van der Waals surface area contributed by atoms with Gasteiger partial charge < -0.3 is 14.6 Å². The zero-order valence-corrected chi connectivity index (χ0v) is 15.1. The number of aliphatic hydroxyl groups is 1. The van der Waals surface area contributed by atoms with Gasteiger partial charge in [-0.3, -0.25) is 0 Å². The molecule has 2 rings (SSSR count). The first-order chi connectivity index (χ1) is 11.9. The third-order valence-electron chi connectivity index (χ3n) is 3.65. The van der Waals surface area contributed by atoms with E-state index in [-0.39, 0.29) is 18.0 Å². The molecular weight excluding hydrogens is 342 g/mol. The molecule has 0 amide bonds. The number of rotatable bonds is 9. The fourth-order valence-corrected chi connectivity index (χ4v) is 3.19. The highest BCUT2D eigenvalue weighted by Crippen LogP contribution is 2.17. The van der Waals surface area contributed by atoms with Crippen LogP contribution in [0.15, 0.2) is 53.4 Å². The van der Waals surface area contributed by atoms with Gasteiger partial charge in [-0.05, 0) is 48.4 Å². The zero-order valence-electron chi connectivity index (χ0n) is 14.3. The topological polar surface area (TPSA) is 84.9 Å². The Morgan fingerprint density at radius 2 is 1.64 bits per heavy atom. The van der Waals surface area contributed by atoms with Crippen molar-refractivity contribution in [2.75, 3.05) is 20.3 Å². The summed E-state index contributed by atoms with van der Waals surface area (Å²) in [7, 11) is -2.08. The maximum absolute atomic E-state index is 12.2. The minimum absolute atomic E-state index is 0.0242. The number of aryl methyl sites for hydroxylation is 1. The lowest BCUT2D eigenvalue weighted by Gasteiger charge is -2.14. The minimum Gasteiger partial charge on any atom is -0.497 e. The molecule has 7 heteroatoms. The van der Waals surface area contributed by atoms with Crippen molar-refractivity contribution >= 4 is 10.0 Å². The van der Waals surface area contributed by atoms with E-state index in [0.29, 0.717) is 11.5 Å². The van der Waals surface area contributed by atoms with Gasteiger partial charge >= 0.3 is 0 Å². The smallest absolute Gasteiger partial charge is 0.240 e. The lowest BCUT2D eigenvalue weighted by Crippen LogP contribution is -2.35. The molecule has 6 nitrogen and oxygen atoms in total. The van der Waals surface area contributed by atoms with E-state index in [4.69, 9.17) is 9.47 Å². The summed E-state index contributed by atoms with van der Waals surface area (Å²) in [5, 5.41) is 9.93. The van der Waals surface area contributed by atoms with Gasteiger partial charge in [0.15, 0.2) is 0 Å². The molecule has 0 aromatic heterocycles. The number of sulfonamides is 1. The quantitative estimate of drug-likeness (QED) is 0.710. The summed E-state index contributed by atoms with van der Waals surface area (Å²) in [6.07, 6.45) is -0.124. The average molecular weight is 365 g/mol. The Labute approximate surface area is 148 Å². The Bertz CT molecular complexity index is 757. The third-order valence-corrected chi connectivity index (χ3v) is 5.09. The van der Waals surface area contributed by atoms with Gasteiger partial charge in [-0.15, -0.1) is 0 Å². The van der Waals surface area contributed by atoms with Crippen LogP contribution in [0, 0.1) is 0 Å². The van der Waals surface area contributed by atoms with Crippen LogP contribution in [0.4, 0.5) is 0 Å².